The number of hydrogen-bond acceptors (Lipinski definition) is 6. The summed E-state index contributed by atoms with van der Waals surface area (Å²) in [6, 6.07) is 13.9. The van der Waals surface area contributed by atoms with Gasteiger partial charge in [0.1, 0.15) is 4.70 Å². The van der Waals surface area contributed by atoms with Gasteiger partial charge in [0.2, 0.25) is 11.9 Å². The molecule has 0 radical (unpaired) electrons. The minimum atomic E-state index is -0.122. The van der Waals surface area contributed by atoms with Crippen molar-refractivity contribution >= 4 is 44.7 Å². The largest absolute Gasteiger partial charge is 0.355 e. The molecule has 5 rings (SSSR count). The Bertz CT molecular complexity index is 1310. The van der Waals surface area contributed by atoms with Crippen molar-refractivity contribution in [3.8, 4) is 5.69 Å². The van der Waals surface area contributed by atoms with Gasteiger partial charge in [0.25, 0.3) is 5.56 Å². The predicted octanol–water partition coefficient (Wildman–Crippen LogP) is 4.39. The molecule has 170 valence electrons. The Hall–Kier alpha value is -2.97. The SMILES string of the molecule is Cc1ccc(-n2c(N3CCC[C@@H](C(=O)NCCc4cccs4)C3)nc3ccsc3c2=O)cc1. The highest BCUT2D eigenvalue weighted by molar-refractivity contribution is 7.17. The number of piperidine rings is 1. The summed E-state index contributed by atoms with van der Waals surface area (Å²) in [6.45, 7) is 4.00. The Balaban J connectivity index is 1.41. The van der Waals surface area contributed by atoms with Crippen molar-refractivity contribution in [1.82, 2.24) is 14.9 Å². The fourth-order valence-electron chi connectivity index (χ4n) is 4.32. The lowest BCUT2D eigenvalue weighted by Crippen LogP contribution is -2.45. The number of anilines is 1. The summed E-state index contributed by atoms with van der Waals surface area (Å²) in [5.41, 5.74) is 2.59. The van der Waals surface area contributed by atoms with E-state index in [2.05, 4.69) is 21.7 Å². The molecule has 0 spiro atoms. The van der Waals surface area contributed by atoms with Gasteiger partial charge >= 0.3 is 0 Å². The van der Waals surface area contributed by atoms with E-state index in [1.165, 1.54) is 16.2 Å². The van der Waals surface area contributed by atoms with Gasteiger partial charge in [-0.1, -0.05) is 23.8 Å². The number of benzene rings is 1. The average Bonchev–Trinajstić information content (AvgIpc) is 3.52. The van der Waals surface area contributed by atoms with Crippen LogP contribution in [0.4, 0.5) is 5.95 Å². The number of carbonyl (C=O) groups is 1. The van der Waals surface area contributed by atoms with Crippen molar-refractivity contribution in [1.29, 1.82) is 0 Å². The first kappa shape index (κ1) is 21.9. The number of carbonyl (C=O) groups excluding carboxylic acids is 1. The van der Waals surface area contributed by atoms with E-state index < -0.39 is 0 Å². The van der Waals surface area contributed by atoms with Crippen LogP contribution in [0.3, 0.4) is 0 Å². The van der Waals surface area contributed by atoms with Gasteiger partial charge in [0.05, 0.1) is 17.1 Å². The lowest BCUT2D eigenvalue weighted by Gasteiger charge is -2.34. The van der Waals surface area contributed by atoms with Crippen molar-refractivity contribution < 1.29 is 4.79 Å². The molecule has 1 aliphatic rings. The van der Waals surface area contributed by atoms with E-state index in [1.54, 1.807) is 15.9 Å². The van der Waals surface area contributed by atoms with Crippen LogP contribution in [0, 0.1) is 12.8 Å². The summed E-state index contributed by atoms with van der Waals surface area (Å²) in [7, 11) is 0. The highest BCUT2D eigenvalue weighted by atomic mass is 32.1. The van der Waals surface area contributed by atoms with Crippen LogP contribution in [0.1, 0.15) is 23.3 Å². The van der Waals surface area contributed by atoms with Crippen LogP contribution in [0.25, 0.3) is 15.9 Å². The number of rotatable bonds is 6. The molecule has 1 aromatic carbocycles. The number of nitrogens with one attached hydrogen (secondary N) is 1. The summed E-state index contributed by atoms with van der Waals surface area (Å²) >= 11 is 3.13. The first-order chi connectivity index (χ1) is 16.1. The third-order valence-corrected chi connectivity index (χ3v) is 7.91. The van der Waals surface area contributed by atoms with Crippen LogP contribution in [-0.4, -0.2) is 35.1 Å². The molecule has 0 aliphatic carbocycles. The normalized spacial score (nSPS) is 16.3. The fourth-order valence-corrected chi connectivity index (χ4v) is 5.79. The van der Waals surface area contributed by atoms with E-state index in [4.69, 9.17) is 4.98 Å². The standard InChI is InChI=1S/C25H26N4O2S2/c1-17-6-8-19(9-7-17)29-24(31)22-21(11-15-33-22)27-25(29)28-13-2-4-18(16-28)23(30)26-12-10-20-5-3-14-32-20/h3,5-9,11,14-15,18H,2,4,10,12-13,16H2,1H3,(H,26,30)/t18-/m1/s1. The molecule has 6 nitrogen and oxygen atoms in total. The maximum atomic E-state index is 13.4. The van der Waals surface area contributed by atoms with E-state index in [9.17, 15) is 9.59 Å². The zero-order valence-corrected chi connectivity index (χ0v) is 20.1. The third kappa shape index (κ3) is 4.58. The lowest BCUT2D eigenvalue weighted by molar-refractivity contribution is -0.125. The smallest absolute Gasteiger partial charge is 0.277 e. The van der Waals surface area contributed by atoms with E-state index in [0.717, 1.165) is 37.1 Å². The first-order valence-corrected chi connectivity index (χ1v) is 13.0. The van der Waals surface area contributed by atoms with Gasteiger partial charge in [0, 0.05) is 24.5 Å². The summed E-state index contributed by atoms with van der Waals surface area (Å²) in [5.74, 6) is 0.576. The number of aromatic nitrogens is 2. The molecule has 1 saturated heterocycles. The van der Waals surface area contributed by atoms with Crippen molar-refractivity contribution in [3.63, 3.8) is 0 Å². The second kappa shape index (κ2) is 9.49. The molecule has 4 heterocycles. The van der Waals surface area contributed by atoms with E-state index in [1.807, 2.05) is 48.7 Å². The molecule has 1 fully saturated rings. The van der Waals surface area contributed by atoms with E-state index in [-0.39, 0.29) is 17.4 Å². The van der Waals surface area contributed by atoms with Crippen molar-refractivity contribution in [2.75, 3.05) is 24.5 Å². The van der Waals surface area contributed by atoms with Crippen molar-refractivity contribution in [2.45, 2.75) is 26.2 Å². The second-order valence-electron chi connectivity index (χ2n) is 8.43. The molecule has 0 bridgehead atoms. The molecule has 0 saturated carbocycles. The van der Waals surface area contributed by atoms with Crippen molar-refractivity contribution in [2.24, 2.45) is 5.92 Å². The first-order valence-electron chi connectivity index (χ1n) is 11.2. The molecule has 8 heteroatoms. The molecular weight excluding hydrogens is 452 g/mol. The monoisotopic (exact) mass is 478 g/mol. The van der Waals surface area contributed by atoms with Gasteiger partial charge in [-0.15, -0.1) is 22.7 Å². The fraction of sp³-hybridized carbons (Fsp3) is 0.320. The molecule has 33 heavy (non-hydrogen) atoms. The number of hydrogen-bond donors (Lipinski definition) is 1. The van der Waals surface area contributed by atoms with Gasteiger partial charge in [-0.3, -0.25) is 9.59 Å². The summed E-state index contributed by atoms with van der Waals surface area (Å²) in [4.78, 5) is 34.6. The quantitative estimate of drug-likeness (QED) is 0.446. The molecule has 3 aromatic heterocycles. The molecule has 1 atom stereocenters. The minimum Gasteiger partial charge on any atom is -0.355 e. The van der Waals surface area contributed by atoms with Crippen LogP contribution in [0.5, 0.6) is 0 Å². The van der Waals surface area contributed by atoms with Gasteiger partial charge in [-0.2, -0.15) is 0 Å². The van der Waals surface area contributed by atoms with Crippen molar-refractivity contribution in [3.05, 3.63) is 74.0 Å². The number of nitrogens with zero attached hydrogens (tertiary/aromatic N) is 3. The Kier molecular flexibility index (Phi) is 6.28. The molecule has 0 unspecified atom stereocenters. The Morgan fingerprint density at radius 3 is 2.79 bits per heavy atom. The highest BCUT2D eigenvalue weighted by Crippen LogP contribution is 2.26. The topological polar surface area (TPSA) is 67.2 Å². The number of thiophene rings is 2. The summed E-state index contributed by atoms with van der Waals surface area (Å²) < 4.78 is 2.36. The van der Waals surface area contributed by atoms with Crippen LogP contribution in [0.2, 0.25) is 0 Å². The highest BCUT2D eigenvalue weighted by Gasteiger charge is 2.29. The Labute approximate surface area is 200 Å². The Morgan fingerprint density at radius 1 is 1.15 bits per heavy atom. The van der Waals surface area contributed by atoms with Gasteiger partial charge < -0.3 is 10.2 Å². The molecule has 4 aromatic rings. The van der Waals surface area contributed by atoms with Crippen LogP contribution < -0.4 is 15.8 Å². The molecule has 1 amide bonds. The number of aryl methyl sites for hydroxylation is 1. The lowest BCUT2D eigenvalue weighted by atomic mass is 9.97. The van der Waals surface area contributed by atoms with Gasteiger partial charge in [-0.25, -0.2) is 9.55 Å². The third-order valence-electron chi connectivity index (χ3n) is 6.08. The number of amides is 1. The second-order valence-corrected chi connectivity index (χ2v) is 10.4. The maximum absolute atomic E-state index is 13.4. The molecule has 1 aliphatic heterocycles. The molecule has 1 N–H and O–H groups in total. The van der Waals surface area contributed by atoms with Crippen LogP contribution in [-0.2, 0) is 11.2 Å². The summed E-state index contributed by atoms with van der Waals surface area (Å²) in [5, 5.41) is 7.07. The minimum absolute atomic E-state index is 0.0589. The van der Waals surface area contributed by atoms with Gasteiger partial charge in [-0.05, 0) is 61.2 Å². The number of fused-ring (bicyclic) bond motifs is 1. The summed E-state index contributed by atoms with van der Waals surface area (Å²) in [6.07, 6.45) is 2.58. The maximum Gasteiger partial charge on any atom is 0.277 e. The van der Waals surface area contributed by atoms with E-state index >= 15 is 0 Å². The van der Waals surface area contributed by atoms with E-state index in [0.29, 0.717) is 29.3 Å². The van der Waals surface area contributed by atoms with Gasteiger partial charge in [0.15, 0.2) is 0 Å². The zero-order chi connectivity index (χ0) is 22.8. The molecular formula is C25H26N4O2S2. The Morgan fingerprint density at radius 2 is 2.00 bits per heavy atom. The van der Waals surface area contributed by atoms with Crippen LogP contribution >= 0.6 is 22.7 Å². The zero-order valence-electron chi connectivity index (χ0n) is 18.5. The predicted molar refractivity (Wildman–Crippen MR) is 136 cm³/mol. The average molecular weight is 479 g/mol. The van der Waals surface area contributed by atoms with Crippen LogP contribution in [0.15, 0.2) is 58.0 Å².